The van der Waals surface area contributed by atoms with Crippen LogP contribution in [0.2, 0.25) is 0 Å². The highest BCUT2D eigenvalue weighted by Gasteiger charge is 2.20. The van der Waals surface area contributed by atoms with Crippen molar-refractivity contribution in [3.05, 3.63) is 41.7 Å². The Morgan fingerprint density at radius 2 is 1.50 bits per heavy atom. The minimum Gasteiger partial charge on any atom is -0.381 e. The number of halogens is 4. The van der Waals surface area contributed by atoms with Crippen LogP contribution in [0.1, 0.15) is 0 Å². The molecule has 0 bridgehead atoms. The summed E-state index contributed by atoms with van der Waals surface area (Å²) in [7, 11) is 0. The molecule has 0 spiro atoms. The van der Waals surface area contributed by atoms with E-state index in [-0.39, 0.29) is 17.7 Å². The molecule has 18 heavy (non-hydrogen) atoms. The summed E-state index contributed by atoms with van der Waals surface area (Å²) in [6.45, 7) is 0. The van der Waals surface area contributed by atoms with Crippen molar-refractivity contribution in [3.63, 3.8) is 0 Å². The largest absolute Gasteiger partial charge is 0.381 e. The summed E-state index contributed by atoms with van der Waals surface area (Å²) < 4.78 is 52.5. The third-order valence-corrected chi connectivity index (χ3v) is 2.08. The SMILES string of the molecule is Nc1nccnc1Nc1c(F)c(F)cc(F)c1F. The van der Waals surface area contributed by atoms with Crippen LogP contribution in [-0.2, 0) is 0 Å². The van der Waals surface area contributed by atoms with Crippen LogP contribution < -0.4 is 11.1 Å². The van der Waals surface area contributed by atoms with Crippen molar-refractivity contribution in [3.8, 4) is 0 Å². The van der Waals surface area contributed by atoms with E-state index in [1.54, 1.807) is 0 Å². The maximum absolute atomic E-state index is 13.3. The van der Waals surface area contributed by atoms with E-state index < -0.39 is 29.0 Å². The molecule has 4 nitrogen and oxygen atoms in total. The number of hydrogen-bond acceptors (Lipinski definition) is 4. The molecule has 0 saturated carbocycles. The molecule has 0 aliphatic carbocycles. The predicted octanol–water partition coefficient (Wildman–Crippen LogP) is 2.36. The molecule has 3 N–H and O–H groups in total. The third-order valence-electron chi connectivity index (χ3n) is 2.08. The van der Waals surface area contributed by atoms with E-state index in [1.165, 1.54) is 12.4 Å². The van der Waals surface area contributed by atoms with Gasteiger partial charge in [-0.25, -0.2) is 27.5 Å². The molecular weight excluding hydrogens is 252 g/mol. The van der Waals surface area contributed by atoms with Gasteiger partial charge in [0.15, 0.2) is 34.9 Å². The van der Waals surface area contributed by atoms with Gasteiger partial charge in [-0.05, 0) is 0 Å². The summed E-state index contributed by atoms with van der Waals surface area (Å²) in [5, 5.41) is 2.06. The molecule has 1 aromatic heterocycles. The smallest absolute Gasteiger partial charge is 0.185 e. The number of hydrogen-bond donors (Lipinski definition) is 2. The molecule has 0 atom stereocenters. The average molecular weight is 258 g/mol. The summed E-state index contributed by atoms with van der Waals surface area (Å²) in [4.78, 5) is 7.24. The fourth-order valence-electron chi connectivity index (χ4n) is 1.25. The number of nitrogens with zero attached hydrogens (tertiary/aromatic N) is 2. The van der Waals surface area contributed by atoms with Gasteiger partial charge in [0, 0.05) is 18.5 Å². The summed E-state index contributed by atoms with van der Waals surface area (Å²) in [5.41, 5.74) is 4.36. The number of anilines is 3. The minimum absolute atomic E-state index is 0.107. The molecule has 0 aliphatic rings. The van der Waals surface area contributed by atoms with E-state index in [0.717, 1.165) is 0 Å². The van der Waals surface area contributed by atoms with E-state index in [1.807, 2.05) is 0 Å². The van der Waals surface area contributed by atoms with Gasteiger partial charge in [-0.1, -0.05) is 0 Å². The first-order chi connectivity index (χ1) is 8.50. The van der Waals surface area contributed by atoms with Gasteiger partial charge in [0.25, 0.3) is 0 Å². The number of nitrogens with one attached hydrogen (secondary N) is 1. The Labute approximate surface area is 98.5 Å². The molecule has 0 radical (unpaired) electrons. The fourth-order valence-corrected chi connectivity index (χ4v) is 1.25. The number of rotatable bonds is 2. The lowest BCUT2D eigenvalue weighted by Gasteiger charge is -2.10. The Morgan fingerprint density at radius 1 is 0.944 bits per heavy atom. The predicted molar refractivity (Wildman–Crippen MR) is 56.0 cm³/mol. The molecule has 0 amide bonds. The first-order valence-corrected chi connectivity index (χ1v) is 4.67. The van der Waals surface area contributed by atoms with Crippen molar-refractivity contribution in [1.29, 1.82) is 0 Å². The van der Waals surface area contributed by atoms with Gasteiger partial charge < -0.3 is 11.1 Å². The fraction of sp³-hybridized carbons (Fsp3) is 0. The third kappa shape index (κ3) is 2.04. The first kappa shape index (κ1) is 12.1. The molecule has 0 unspecified atom stereocenters. The van der Waals surface area contributed by atoms with Gasteiger partial charge in [-0.2, -0.15) is 0 Å². The number of nitrogen functional groups attached to an aromatic ring is 1. The van der Waals surface area contributed by atoms with Crippen LogP contribution >= 0.6 is 0 Å². The van der Waals surface area contributed by atoms with Crippen LogP contribution in [0.5, 0.6) is 0 Å². The number of nitrogens with two attached hydrogens (primary N) is 1. The number of aromatic nitrogens is 2. The van der Waals surface area contributed by atoms with Crippen molar-refractivity contribution >= 4 is 17.3 Å². The summed E-state index contributed by atoms with van der Waals surface area (Å²) in [6, 6.07) is 0.107. The van der Waals surface area contributed by atoms with E-state index in [0.29, 0.717) is 0 Å². The molecule has 0 aliphatic heterocycles. The number of benzene rings is 1. The lowest BCUT2D eigenvalue weighted by atomic mass is 10.2. The van der Waals surface area contributed by atoms with Crippen molar-refractivity contribution in [1.82, 2.24) is 9.97 Å². The zero-order valence-electron chi connectivity index (χ0n) is 8.72. The Morgan fingerprint density at radius 3 is 2.06 bits per heavy atom. The highest BCUT2D eigenvalue weighted by atomic mass is 19.2. The Bertz CT molecular complexity index is 576. The lowest BCUT2D eigenvalue weighted by Crippen LogP contribution is -2.06. The van der Waals surface area contributed by atoms with Crippen molar-refractivity contribution in [2.75, 3.05) is 11.1 Å². The molecule has 2 aromatic rings. The van der Waals surface area contributed by atoms with Crippen LogP contribution in [-0.4, -0.2) is 9.97 Å². The minimum atomic E-state index is -1.57. The Balaban J connectivity index is 2.50. The molecule has 2 rings (SSSR count). The molecule has 8 heteroatoms. The normalized spacial score (nSPS) is 10.4. The molecule has 1 aromatic carbocycles. The summed E-state index contributed by atoms with van der Waals surface area (Å²) in [5.74, 6) is -6.57. The van der Waals surface area contributed by atoms with Gasteiger partial charge in [0.05, 0.1) is 0 Å². The van der Waals surface area contributed by atoms with Gasteiger partial charge in [0.2, 0.25) is 0 Å². The highest BCUT2D eigenvalue weighted by Crippen LogP contribution is 2.27. The Kier molecular flexibility index (Phi) is 3.00. The molecule has 0 saturated heterocycles. The topological polar surface area (TPSA) is 63.8 Å². The van der Waals surface area contributed by atoms with E-state index in [9.17, 15) is 17.6 Å². The van der Waals surface area contributed by atoms with Gasteiger partial charge in [-0.3, -0.25) is 0 Å². The molecular formula is C10H6F4N4. The second-order valence-electron chi connectivity index (χ2n) is 3.26. The summed E-state index contributed by atoms with van der Waals surface area (Å²) in [6.07, 6.45) is 2.45. The first-order valence-electron chi connectivity index (χ1n) is 4.67. The second kappa shape index (κ2) is 4.47. The Hall–Kier alpha value is -2.38. The van der Waals surface area contributed by atoms with Crippen LogP contribution in [0.3, 0.4) is 0 Å². The van der Waals surface area contributed by atoms with Crippen LogP contribution in [0.25, 0.3) is 0 Å². The highest BCUT2D eigenvalue weighted by molar-refractivity contribution is 5.66. The quantitative estimate of drug-likeness (QED) is 0.641. The van der Waals surface area contributed by atoms with Crippen LogP contribution in [0, 0.1) is 23.3 Å². The second-order valence-corrected chi connectivity index (χ2v) is 3.26. The molecule has 0 fully saturated rings. The lowest BCUT2D eigenvalue weighted by molar-refractivity contribution is 0.459. The molecule has 94 valence electrons. The van der Waals surface area contributed by atoms with Crippen LogP contribution in [0.15, 0.2) is 18.5 Å². The zero-order chi connectivity index (χ0) is 13.3. The van der Waals surface area contributed by atoms with E-state index in [4.69, 9.17) is 5.73 Å². The van der Waals surface area contributed by atoms with Crippen molar-refractivity contribution in [2.45, 2.75) is 0 Å². The van der Waals surface area contributed by atoms with Gasteiger partial charge >= 0.3 is 0 Å². The van der Waals surface area contributed by atoms with Crippen molar-refractivity contribution in [2.24, 2.45) is 0 Å². The average Bonchev–Trinajstić information content (AvgIpc) is 2.34. The zero-order valence-corrected chi connectivity index (χ0v) is 8.72. The van der Waals surface area contributed by atoms with Gasteiger partial charge in [-0.15, -0.1) is 0 Å². The molecule has 1 heterocycles. The van der Waals surface area contributed by atoms with E-state index in [2.05, 4.69) is 15.3 Å². The maximum atomic E-state index is 13.3. The monoisotopic (exact) mass is 258 g/mol. The summed E-state index contributed by atoms with van der Waals surface area (Å²) >= 11 is 0. The van der Waals surface area contributed by atoms with Crippen LogP contribution in [0.4, 0.5) is 34.9 Å². The van der Waals surface area contributed by atoms with Crippen molar-refractivity contribution < 1.29 is 17.6 Å². The maximum Gasteiger partial charge on any atom is 0.185 e. The van der Waals surface area contributed by atoms with E-state index >= 15 is 0 Å². The standard InChI is InChI=1S/C10H6F4N4/c11-4-3-5(12)7(14)8(6(4)13)18-10-9(15)16-1-2-17-10/h1-3H,(H2,15,16)(H,17,18). The van der Waals surface area contributed by atoms with Gasteiger partial charge in [0.1, 0.15) is 5.69 Å².